The van der Waals surface area contributed by atoms with Gasteiger partial charge < -0.3 is 25.8 Å². The Hall–Kier alpha value is -1.28. The smallest absolute Gasteiger partial charge is 0.264 e. The van der Waals surface area contributed by atoms with Gasteiger partial charge in [0.15, 0.2) is 11.9 Å². The van der Waals surface area contributed by atoms with Crippen LogP contribution in [0.5, 0.6) is 0 Å². The summed E-state index contributed by atoms with van der Waals surface area (Å²) in [6.07, 6.45) is -4.60. The fourth-order valence-electron chi connectivity index (χ4n) is 2.28. The van der Waals surface area contributed by atoms with Crippen LogP contribution in [0, 0.1) is 3.70 Å². The lowest BCUT2D eigenvalue weighted by Gasteiger charge is -2.15. The number of aromatic amines is 1. The molecule has 0 bridgehead atoms. The highest BCUT2D eigenvalue weighted by molar-refractivity contribution is 14.1. The summed E-state index contributed by atoms with van der Waals surface area (Å²) in [5, 5.41) is 33.2. The predicted octanol–water partition coefficient (Wildman–Crippen LogP) is -2.08. The third-order valence-electron chi connectivity index (χ3n) is 3.30. The number of aliphatic hydroxyl groups is 3. The highest BCUT2D eigenvalue weighted by Gasteiger charge is 2.44. The molecule has 1 saturated heterocycles. The summed E-state index contributed by atoms with van der Waals surface area (Å²) in [5.41, 5.74) is 5.19. The molecule has 2 aromatic heterocycles. The maximum absolute atomic E-state index is 11.9. The number of hydrogen-bond acceptors (Lipinski definition) is 8. The third kappa shape index (κ3) is 2.20. The number of nitrogens with two attached hydrogens (primary N) is 1. The molecule has 4 atom stereocenters. The van der Waals surface area contributed by atoms with Crippen molar-refractivity contribution < 1.29 is 20.1 Å². The molecule has 1 fully saturated rings. The lowest BCUT2D eigenvalue weighted by Crippen LogP contribution is -2.33. The van der Waals surface area contributed by atoms with Crippen LogP contribution >= 0.6 is 22.6 Å². The number of H-pyrrole nitrogens is 1. The van der Waals surface area contributed by atoms with Crippen molar-refractivity contribution in [1.29, 1.82) is 0 Å². The van der Waals surface area contributed by atoms with Gasteiger partial charge in [-0.2, -0.15) is 10.1 Å². The molecule has 0 radical (unpaired) electrons. The van der Waals surface area contributed by atoms with E-state index in [1.54, 1.807) is 0 Å². The zero-order chi connectivity index (χ0) is 15.3. The summed E-state index contributed by atoms with van der Waals surface area (Å²) >= 11 is 1.85. The molecule has 3 rings (SSSR count). The average Bonchev–Trinajstić information content (AvgIpc) is 2.89. The van der Waals surface area contributed by atoms with E-state index in [0.29, 0.717) is 3.70 Å². The van der Waals surface area contributed by atoms with E-state index in [-0.39, 0.29) is 17.0 Å². The van der Waals surface area contributed by atoms with Crippen molar-refractivity contribution in [3.05, 3.63) is 14.1 Å². The summed E-state index contributed by atoms with van der Waals surface area (Å²) in [4.78, 5) is 18.2. The molecule has 3 heterocycles. The first-order valence-corrected chi connectivity index (χ1v) is 7.08. The van der Waals surface area contributed by atoms with E-state index in [1.165, 1.54) is 4.68 Å². The largest absolute Gasteiger partial charge is 0.394 e. The molecule has 1 aliphatic heterocycles. The van der Waals surface area contributed by atoms with Gasteiger partial charge in [0.05, 0.1) is 6.61 Å². The fourth-order valence-corrected chi connectivity index (χ4v) is 3.00. The van der Waals surface area contributed by atoms with Gasteiger partial charge in [-0.1, -0.05) is 0 Å². The minimum atomic E-state index is -1.32. The summed E-state index contributed by atoms with van der Waals surface area (Å²) in [6.45, 7) is -0.457. The van der Waals surface area contributed by atoms with Gasteiger partial charge in [0.1, 0.15) is 27.4 Å². The number of aromatic nitrogens is 4. The van der Waals surface area contributed by atoms with Crippen LogP contribution in [-0.4, -0.2) is 60.0 Å². The van der Waals surface area contributed by atoms with Crippen molar-refractivity contribution in [1.82, 2.24) is 19.7 Å². The van der Waals surface area contributed by atoms with Gasteiger partial charge >= 0.3 is 0 Å². The second-order valence-electron chi connectivity index (χ2n) is 4.61. The second kappa shape index (κ2) is 5.17. The molecule has 0 spiro atoms. The number of nitrogen functional groups attached to an aromatic ring is 1. The Labute approximate surface area is 130 Å². The number of fused-ring (bicyclic) bond motifs is 1. The Morgan fingerprint density at radius 2 is 2.14 bits per heavy atom. The van der Waals surface area contributed by atoms with E-state index in [0.717, 1.165) is 0 Å². The van der Waals surface area contributed by atoms with Crippen molar-refractivity contribution in [2.75, 3.05) is 12.3 Å². The van der Waals surface area contributed by atoms with Gasteiger partial charge in [-0.15, -0.1) is 0 Å². The van der Waals surface area contributed by atoms with Crippen molar-refractivity contribution >= 4 is 39.6 Å². The molecule has 2 aromatic rings. The zero-order valence-electron chi connectivity index (χ0n) is 10.5. The third-order valence-corrected chi connectivity index (χ3v) is 4.05. The first kappa shape index (κ1) is 14.6. The number of nitrogens with zero attached hydrogens (tertiary/aromatic N) is 3. The summed E-state index contributed by atoms with van der Waals surface area (Å²) in [7, 11) is 0. The maximum Gasteiger partial charge on any atom is 0.264 e. The minimum absolute atomic E-state index is 0.100. The lowest BCUT2D eigenvalue weighted by atomic mass is 10.1. The molecule has 10 nitrogen and oxygen atoms in total. The molecule has 0 amide bonds. The quantitative estimate of drug-likeness (QED) is 0.354. The molecule has 1 aliphatic rings. The van der Waals surface area contributed by atoms with Gasteiger partial charge in [0, 0.05) is 0 Å². The molecule has 11 heteroatoms. The molecule has 6 N–H and O–H groups in total. The Bertz CT molecular complexity index is 745. The first-order chi connectivity index (χ1) is 9.93. The minimum Gasteiger partial charge on any atom is -0.394 e. The lowest BCUT2D eigenvalue weighted by molar-refractivity contribution is -0.0568. The molecule has 0 aliphatic carbocycles. The van der Waals surface area contributed by atoms with Crippen LogP contribution < -0.4 is 11.3 Å². The maximum atomic E-state index is 11.9. The Morgan fingerprint density at radius 1 is 1.43 bits per heavy atom. The first-order valence-electron chi connectivity index (χ1n) is 6.00. The van der Waals surface area contributed by atoms with Crippen LogP contribution in [0.2, 0.25) is 0 Å². The number of anilines is 1. The van der Waals surface area contributed by atoms with Crippen LogP contribution in [0.15, 0.2) is 4.79 Å². The molecular formula is C10H12IN5O5. The van der Waals surface area contributed by atoms with E-state index < -0.39 is 36.7 Å². The monoisotopic (exact) mass is 409 g/mol. The van der Waals surface area contributed by atoms with E-state index in [2.05, 4.69) is 15.1 Å². The number of hydrogen-bond donors (Lipinski definition) is 5. The van der Waals surface area contributed by atoms with Crippen LogP contribution in [0.3, 0.4) is 0 Å². The highest BCUT2D eigenvalue weighted by Crippen LogP contribution is 2.31. The van der Waals surface area contributed by atoms with Crippen molar-refractivity contribution in [2.45, 2.75) is 24.5 Å². The van der Waals surface area contributed by atoms with E-state index in [1.807, 2.05) is 22.6 Å². The van der Waals surface area contributed by atoms with Crippen LogP contribution in [-0.2, 0) is 4.74 Å². The standard InChI is InChI=1S/C10H12IN5O5/c11-6-3-7(13-10(12)14-8(3)20)16(15-6)9-5(19)4(18)2(1-17)21-9/h2,4-5,9,17-19H,1H2,(H3,12,13,14,20)/t2-,4?,5+,9-/m1/s1. The normalized spacial score (nSPS) is 29.3. The van der Waals surface area contributed by atoms with Crippen molar-refractivity contribution in [3.8, 4) is 0 Å². The van der Waals surface area contributed by atoms with Gasteiger partial charge in [0.2, 0.25) is 5.95 Å². The summed E-state index contributed by atoms with van der Waals surface area (Å²) in [6, 6.07) is 0. The average molecular weight is 409 g/mol. The van der Waals surface area contributed by atoms with Gasteiger partial charge in [-0.25, -0.2) is 4.68 Å². The summed E-state index contributed by atoms with van der Waals surface area (Å²) in [5.74, 6) is -0.100. The van der Waals surface area contributed by atoms with E-state index in [9.17, 15) is 15.0 Å². The fraction of sp³-hybridized carbons (Fsp3) is 0.500. The van der Waals surface area contributed by atoms with Gasteiger partial charge in [-0.3, -0.25) is 9.78 Å². The van der Waals surface area contributed by atoms with E-state index in [4.69, 9.17) is 15.6 Å². The van der Waals surface area contributed by atoms with Crippen molar-refractivity contribution in [3.63, 3.8) is 0 Å². The second-order valence-corrected chi connectivity index (χ2v) is 5.64. The van der Waals surface area contributed by atoms with Gasteiger partial charge in [0.25, 0.3) is 5.56 Å². The van der Waals surface area contributed by atoms with Crippen molar-refractivity contribution in [2.24, 2.45) is 0 Å². The molecular weight excluding hydrogens is 397 g/mol. The van der Waals surface area contributed by atoms with E-state index >= 15 is 0 Å². The summed E-state index contributed by atoms with van der Waals surface area (Å²) < 4.78 is 6.92. The number of aliphatic hydroxyl groups excluding tert-OH is 3. The molecule has 0 aromatic carbocycles. The molecule has 21 heavy (non-hydrogen) atoms. The topological polar surface area (TPSA) is 160 Å². The van der Waals surface area contributed by atoms with Crippen LogP contribution in [0.25, 0.3) is 11.0 Å². The Balaban J connectivity index is 2.16. The highest BCUT2D eigenvalue weighted by atomic mass is 127. The SMILES string of the molecule is Nc1nc2c(c(I)nn2[C@@H]2O[C@H](CO)C(O)[C@@H]2O)c(=O)[nH]1. The van der Waals surface area contributed by atoms with Gasteiger partial charge in [-0.05, 0) is 22.6 Å². The molecule has 114 valence electrons. The molecule has 0 saturated carbocycles. The zero-order valence-corrected chi connectivity index (χ0v) is 12.6. The Kier molecular flexibility index (Phi) is 3.61. The van der Waals surface area contributed by atoms with Crippen LogP contribution in [0.4, 0.5) is 5.95 Å². The Morgan fingerprint density at radius 3 is 2.76 bits per heavy atom. The molecule has 1 unspecified atom stereocenters. The number of ether oxygens (including phenoxy) is 1. The van der Waals surface area contributed by atoms with Crippen LogP contribution in [0.1, 0.15) is 6.23 Å². The predicted molar refractivity (Wildman–Crippen MR) is 78.3 cm³/mol. The number of halogens is 1. The number of nitrogens with one attached hydrogen (secondary N) is 1. The number of rotatable bonds is 2.